The Morgan fingerprint density at radius 3 is 2.70 bits per heavy atom. The average molecular weight is 368 g/mol. The molecule has 1 saturated carbocycles. The van der Waals surface area contributed by atoms with Gasteiger partial charge in [-0.3, -0.25) is 14.6 Å². The third-order valence-corrected chi connectivity index (χ3v) is 5.11. The molecule has 6 nitrogen and oxygen atoms in total. The summed E-state index contributed by atoms with van der Waals surface area (Å²) in [5.41, 5.74) is 0.862. The smallest absolute Gasteiger partial charge is 0.310 e. The maximum Gasteiger partial charge on any atom is 0.310 e. The highest BCUT2D eigenvalue weighted by Crippen LogP contribution is 2.44. The van der Waals surface area contributed by atoms with Gasteiger partial charge in [0.15, 0.2) is 0 Å². The SMILES string of the molecule is CC(NC(=O)CC1(C(=O)O)CCC1)c1cccc(OCc2ccccn2)c1. The van der Waals surface area contributed by atoms with Crippen molar-refractivity contribution >= 4 is 11.9 Å². The van der Waals surface area contributed by atoms with Gasteiger partial charge in [0, 0.05) is 12.6 Å². The van der Waals surface area contributed by atoms with E-state index >= 15 is 0 Å². The van der Waals surface area contributed by atoms with Crippen LogP contribution in [0.2, 0.25) is 0 Å². The zero-order chi connectivity index (χ0) is 19.3. The first-order valence-electron chi connectivity index (χ1n) is 9.14. The number of nitrogens with one attached hydrogen (secondary N) is 1. The summed E-state index contributed by atoms with van der Waals surface area (Å²) in [7, 11) is 0. The van der Waals surface area contributed by atoms with Gasteiger partial charge >= 0.3 is 5.97 Å². The lowest BCUT2D eigenvalue weighted by Crippen LogP contribution is -2.43. The predicted octanol–water partition coefficient (Wildman–Crippen LogP) is 3.48. The van der Waals surface area contributed by atoms with Gasteiger partial charge in [-0.1, -0.05) is 24.6 Å². The van der Waals surface area contributed by atoms with Gasteiger partial charge in [-0.25, -0.2) is 0 Å². The summed E-state index contributed by atoms with van der Waals surface area (Å²) in [5.74, 6) is -0.411. The quantitative estimate of drug-likeness (QED) is 0.745. The molecule has 27 heavy (non-hydrogen) atoms. The van der Waals surface area contributed by atoms with Gasteiger partial charge in [0.1, 0.15) is 12.4 Å². The Kier molecular flexibility index (Phi) is 5.74. The number of rotatable bonds is 8. The molecule has 0 spiro atoms. The molecule has 142 valence electrons. The second-order valence-corrected chi connectivity index (χ2v) is 7.09. The van der Waals surface area contributed by atoms with Crippen LogP contribution in [-0.2, 0) is 16.2 Å². The number of carboxylic acids is 1. The van der Waals surface area contributed by atoms with Crippen molar-refractivity contribution in [3.63, 3.8) is 0 Å². The fourth-order valence-corrected chi connectivity index (χ4v) is 3.27. The van der Waals surface area contributed by atoms with Crippen LogP contribution in [0.3, 0.4) is 0 Å². The summed E-state index contributed by atoms with van der Waals surface area (Å²) in [6.07, 6.45) is 3.76. The number of pyridine rings is 1. The summed E-state index contributed by atoms with van der Waals surface area (Å²) in [6.45, 7) is 2.25. The van der Waals surface area contributed by atoms with Crippen molar-refractivity contribution in [2.24, 2.45) is 5.41 Å². The third kappa shape index (κ3) is 4.64. The van der Waals surface area contributed by atoms with E-state index in [0.717, 1.165) is 17.7 Å². The first-order chi connectivity index (χ1) is 13.0. The number of aliphatic carboxylic acids is 1. The van der Waals surface area contributed by atoms with Gasteiger partial charge in [-0.2, -0.15) is 0 Å². The monoisotopic (exact) mass is 368 g/mol. The molecule has 1 aromatic heterocycles. The van der Waals surface area contributed by atoms with E-state index < -0.39 is 11.4 Å². The Morgan fingerprint density at radius 1 is 1.26 bits per heavy atom. The van der Waals surface area contributed by atoms with Gasteiger partial charge in [0.05, 0.1) is 17.2 Å². The van der Waals surface area contributed by atoms with Crippen molar-refractivity contribution in [1.82, 2.24) is 10.3 Å². The molecule has 1 amide bonds. The summed E-state index contributed by atoms with van der Waals surface area (Å²) < 4.78 is 5.77. The minimum absolute atomic E-state index is 0.0303. The van der Waals surface area contributed by atoms with Gasteiger partial charge in [0.25, 0.3) is 0 Å². The van der Waals surface area contributed by atoms with E-state index in [-0.39, 0.29) is 18.4 Å². The van der Waals surface area contributed by atoms with Crippen LogP contribution in [0.15, 0.2) is 48.7 Å². The molecule has 3 rings (SSSR count). The van der Waals surface area contributed by atoms with Crippen LogP contribution in [-0.4, -0.2) is 22.0 Å². The maximum atomic E-state index is 12.3. The molecule has 0 radical (unpaired) electrons. The van der Waals surface area contributed by atoms with Crippen LogP contribution < -0.4 is 10.1 Å². The Morgan fingerprint density at radius 2 is 2.07 bits per heavy atom. The minimum atomic E-state index is -0.878. The first-order valence-corrected chi connectivity index (χ1v) is 9.14. The molecular formula is C21H24N2O4. The number of carboxylic acid groups (broad SMARTS) is 1. The molecule has 1 aliphatic rings. The molecule has 0 aliphatic heterocycles. The Labute approximate surface area is 158 Å². The Bertz CT molecular complexity index is 803. The second kappa shape index (κ2) is 8.20. The number of hydrogen-bond acceptors (Lipinski definition) is 4. The Hall–Kier alpha value is -2.89. The van der Waals surface area contributed by atoms with E-state index in [1.807, 2.05) is 49.4 Å². The molecule has 1 fully saturated rings. The molecule has 1 aromatic carbocycles. The van der Waals surface area contributed by atoms with E-state index in [4.69, 9.17) is 4.74 Å². The minimum Gasteiger partial charge on any atom is -0.487 e. The van der Waals surface area contributed by atoms with E-state index in [0.29, 0.717) is 25.2 Å². The van der Waals surface area contributed by atoms with Crippen LogP contribution >= 0.6 is 0 Å². The zero-order valence-corrected chi connectivity index (χ0v) is 15.4. The van der Waals surface area contributed by atoms with Crippen molar-refractivity contribution in [2.45, 2.75) is 45.3 Å². The summed E-state index contributed by atoms with van der Waals surface area (Å²) in [6, 6.07) is 12.9. The molecule has 2 aromatic rings. The van der Waals surface area contributed by atoms with Gasteiger partial charge in [0.2, 0.25) is 5.91 Å². The van der Waals surface area contributed by atoms with Crippen LogP contribution in [0.5, 0.6) is 5.75 Å². The summed E-state index contributed by atoms with van der Waals surface area (Å²) >= 11 is 0. The number of carbonyl (C=O) groups is 2. The molecule has 1 aliphatic carbocycles. The van der Waals surface area contributed by atoms with Gasteiger partial charge < -0.3 is 15.2 Å². The largest absolute Gasteiger partial charge is 0.487 e. The highest BCUT2D eigenvalue weighted by molar-refractivity contribution is 5.85. The van der Waals surface area contributed by atoms with Crippen molar-refractivity contribution < 1.29 is 19.4 Å². The number of aromatic nitrogens is 1. The molecule has 1 heterocycles. The molecule has 1 atom stereocenters. The maximum absolute atomic E-state index is 12.3. The topological polar surface area (TPSA) is 88.5 Å². The molecule has 0 saturated heterocycles. The zero-order valence-electron chi connectivity index (χ0n) is 15.4. The van der Waals surface area contributed by atoms with Crippen LogP contribution in [0, 0.1) is 5.41 Å². The predicted molar refractivity (Wildman–Crippen MR) is 100 cm³/mol. The van der Waals surface area contributed by atoms with Crippen molar-refractivity contribution in [3.05, 3.63) is 59.9 Å². The molecular weight excluding hydrogens is 344 g/mol. The number of hydrogen-bond donors (Lipinski definition) is 2. The fraction of sp³-hybridized carbons (Fsp3) is 0.381. The highest BCUT2D eigenvalue weighted by Gasteiger charge is 2.45. The third-order valence-electron chi connectivity index (χ3n) is 5.11. The molecule has 6 heteroatoms. The van der Waals surface area contributed by atoms with Crippen molar-refractivity contribution in [2.75, 3.05) is 0 Å². The summed E-state index contributed by atoms with van der Waals surface area (Å²) in [5, 5.41) is 12.3. The van der Waals surface area contributed by atoms with E-state index in [1.165, 1.54) is 0 Å². The van der Waals surface area contributed by atoms with E-state index in [1.54, 1.807) is 6.20 Å². The van der Waals surface area contributed by atoms with Gasteiger partial charge in [-0.15, -0.1) is 0 Å². The van der Waals surface area contributed by atoms with Crippen LogP contribution in [0.4, 0.5) is 0 Å². The lowest BCUT2D eigenvalue weighted by atomic mass is 9.66. The number of carbonyl (C=O) groups excluding carboxylic acids is 1. The first kappa shape index (κ1) is 18.9. The second-order valence-electron chi connectivity index (χ2n) is 7.09. The number of ether oxygens (including phenoxy) is 1. The molecule has 2 N–H and O–H groups in total. The number of amides is 1. The Balaban J connectivity index is 1.57. The molecule has 0 bridgehead atoms. The molecule has 1 unspecified atom stereocenters. The van der Waals surface area contributed by atoms with E-state index in [2.05, 4.69) is 10.3 Å². The van der Waals surface area contributed by atoms with Crippen LogP contribution in [0.25, 0.3) is 0 Å². The highest BCUT2D eigenvalue weighted by atomic mass is 16.5. The van der Waals surface area contributed by atoms with Crippen molar-refractivity contribution in [1.29, 1.82) is 0 Å². The fourth-order valence-electron chi connectivity index (χ4n) is 3.27. The van der Waals surface area contributed by atoms with Crippen LogP contribution in [0.1, 0.15) is 49.9 Å². The lowest BCUT2D eigenvalue weighted by molar-refractivity contribution is -0.157. The van der Waals surface area contributed by atoms with E-state index in [9.17, 15) is 14.7 Å². The van der Waals surface area contributed by atoms with Gasteiger partial charge in [-0.05, 0) is 49.6 Å². The number of nitrogens with zero attached hydrogens (tertiary/aromatic N) is 1. The number of benzene rings is 1. The lowest BCUT2D eigenvalue weighted by Gasteiger charge is -2.37. The average Bonchev–Trinajstić information content (AvgIpc) is 2.64. The standard InChI is InChI=1S/C21H24N2O4/c1-15(23-19(24)13-21(20(25)26)9-5-10-21)16-6-4-8-18(12-16)27-14-17-7-2-3-11-22-17/h2-4,6-8,11-12,15H,5,9-10,13-14H2,1H3,(H,23,24)(H,25,26). The normalized spacial score (nSPS) is 16.0. The van der Waals surface area contributed by atoms with Crippen molar-refractivity contribution in [3.8, 4) is 5.75 Å². The summed E-state index contributed by atoms with van der Waals surface area (Å²) in [4.78, 5) is 28.0.